The third-order valence-corrected chi connectivity index (χ3v) is 5.60. The first-order chi connectivity index (χ1) is 10.5. The number of morpholine rings is 1. The zero-order chi connectivity index (χ0) is 16.0. The number of piperidine rings is 1. The third-order valence-electron chi connectivity index (χ3n) is 4.27. The van der Waals surface area contributed by atoms with Gasteiger partial charge < -0.3 is 10.1 Å². The second kappa shape index (κ2) is 8.24. The van der Waals surface area contributed by atoms with Crippen LogP contribution in [-0.2, 0) is 19.6 Å². The van der Waals surface area contributed by atoms with Gasteiger partial charge in [-0.15, -0.1) is 0 Å². The minimum Gasteiger partial charge on any atom is -0.379 e. The minimum absolute atomic E-state index is 0.00335. The number of nitrogens with one attached hydrogen (secondary N) is 1. The van der Waals surface area contributed by atoms with E-state index in [2.05, 4.69) is 10.2 Å². The summed E-state index contributed by atoms with van der Waals surface area (Å²) < 4.78 is 30.4. The molecule has 1 N–H and O–H groups in total. The zero-order valence-corrected chi connectivity index (χ0v) is 14.1. The van der Waals surface area contributed by atoms with Crippen LogP contribution in [0.15, 0.2) is 0 Å². The number of hydrogen-bond donors (Lipinski definition) is 1. The van der Waals surface area contributed by atoms with Gasteiger partial charge in [-0.1, -0.05) is 6.42 Å². The van der Waals surface area contributed by atoms with E-state index in [0.29, 0.717) is 39.3 Å². The molecule has 0 aromatic carbocycles. The molecule has 2 rings (SSSR count). The lowest BCUT2D eigenvalue weighted by molar-refractivity contribution is -0.123. The van der Waals surface area contributed by atoms with Gasteiger partial charge >= 0.3 is 0 Å². The summed E-state index contributed by atoms with van der Waals surface area (Å²) in [4.78, 5) is 14.0. The average Bonchev–Trinajstić information content (AvgIpc) is 2.48. The van der Waals surface area contributed by atoms with Crippen LogP contribution >= 0.6 is 0 Å². The molecule has 0 saturated carbocycles. The Labute approximate surface area is 133 Å². The first kappa shape index (κ1) is 17.7. The predicted octanol–water partition coefficient (Wildman–Crippen LogP) is -0.361. The second-order valence-corrected chi connectivity index (χ2v) is 7.99. The molecule has 1 amide bonds. The zero-order valence-electron chi connectivity index (χ0n) is 13.3. The van der Waals surface area contributed by atoms with E-state index in [1.807, 2.05) is 0 Å². The number of rotatable bonds is 6. The maximum absolute atomic E-state index is 11.9. The smallest absolute Gasteiger partial charge is 0.234 e. The molecule has 128 valence electrons. The molecule has 1 atom stereocenters. The molecule has 0 aromatic heterocycles. The molecule has 0 bridgehead atoms. The summed E-state index contributed by atoms with van der Waals surface area (Å²) in [6.45, 7) is 4.46. The van der Waals surface area contributed by atoms with Crippen LogP contribution < -0.4 is 5.32 Å². The van der Waals surface area contributed by atoms with Crippen LogP contribution in [0.5, 0.6) is 0 Å². The summed E-state index contributed by atoms with van der Waals surface area (Å²) in [7, 11) is -3.15. The molecule has 0 aromatic rings. The SMILES string of the molecule is CS(=O)(=O)N1CCCC[C@@H]1CCNC(=O)CN1CCOCC1. The number of ether oxygens (including phenoxy) is 1. The van der Waals surface area contributed by atoms with Crippen molar-refractivity contribution in [2.75, 3.05) is 52.2 Å². The summed E-state index contributed by atoms with van der Waals surface area (Å²) >= 11 is 0. The van der Waals surface area contributed by atoms with E-state index >= 15 is 0 Å². The van der Waals surface area contributed by atoms with Crippen molar-refractivity contribution in [3.05, 3.63) is 0 Å². The molecule has 0 aliphatic carbocycles. The Morgan fingerprint density at radius 1 is 1.23 bits per heavy atom. The molecule has 2 fully saturated rings. The Balaban J connectivity index is 1.71. The first-order valence-electron chi connectivity index (χ1n) is 8.00. The lowest BCUT2D eigenvalue weighted by Gasteiger charge is -2.33. The van der Waals surface area contributed by atoms with Crippen molar-refractivity contribution < 1.29 is 17.9 Å². The number of amides is 1. The van der Waals surface area contributed by atoms with Gasteiger partial charge in [0.15, 0.2) is 0 Å². The van der Waals surface area contributed by atoms with Crippen LogP contribution in [-0.4, -0.2) is 81.8 Å². The number of sulfonamides is 1. The van der Waals surface area contributed by atoms with Gasteiger partial charge in [-0.3, -0.25) is 9.69 Å². The van der Waals surface area contributed by atoms with E-state index in [1.54, 1.807) is 4.31 Å². The van der Waals surface area contributed by atoms with Crippen molar-refractivity contribution in [2.24, 2.45) is 0 Å². The monoisotopic (exact) mass is 333 g/mol. The highest BCUT2D eigenvalue weighted by atomic mass is 32.2. The van der Waals surface area contributed by atoms with Gasteiger partial charge in [0.25, 0.3) is 0 Å². The summed E-state index contributed by atoms with van der Waals surface area (Å²) in [5, 5.41) is 2.91. The highest BCUT2D eigenvalue weighted by Gasteiger charge is 2.28. The van der Waals surface area contributed by atoms with E-state index in [4.69, 9.17) is 4.74 Å². The van der Waals surface area contributed by atoms with Gasteiger partial charge in [0.1, 0.15) is 0 Å². The average molecular weight is 333 g/mol. The summed E-state index contributed by atoms with van der Waals surface area (Å²) in [5.41, 5.74) is 0. The molecular weight excluding hydrogens is 306 g/mol. The van der Waals surface area contributed by atoms with Crippen molar-refractivity contribution in [3.63, 3.8) is 0 Å². The molecular formula is C14H27N3O4S. The molecule has 2 saturated heterocycles. The van der Waals surface area contributed by atoms with Crippen LogP contribution in [0.4, 0.5) is 0 Å². The topological polar surface area (TPSA) is 79.0 Å². The van der Waals surface area contributed by atoms with E-state index in [9.17, 15) is 13.2 Å². The number of hydrogen-bond acceptors (Lipinski definition) is 5. The van der Waals surface area contributed by atoms with Gasteiger partial charge in [0, 0.05) is 32.2 Å². The van der Waals surface area contributed by atoms with E-state index in [0.717, 1.165) is 32.4 Å². The lowest BCUT2D eigenvalue weighted by atomic mass is 10.0. The second-order valence-electron chi connectivity index (χ2n) is 6.05. The number of carbonyl (C=O) groups excluding carboxylic acids is 1. The Kier molecular flexibility index (Phi) is 6.61. The maximum atomic E-state index is 11.9. The van der Waals surface area contributed by atoms with Crippen molar-refractivity contribution >= 4 is 15.9 Å². The van der Waals surface area contributed by atoms with Crippen LogP contribution in [0.1, 0.15) is 25.7 Å². The summed E-state index contributed by atoms with van der Waals surface area (Å²) in [5.74, 6) is 0.00335. The number of nitrogens with zero attached hydrogens (tertiary/aromatic N) is 2. The first-order valence-corrected chi connectivity index (χ1v) is 9.85. The van der Waals surface area contributed by atoms with Gasteiger partial charge in [-0.05, 0) is 19.3 Å². The molecule has 2 heterocycles. The van der Waals surface area contributed by atoms with E-state index in [1.165, 1.54) is 6.26 Å². The third kappa shape index (κ3) is 5.49. The Hall–Kier alpha value is -0.700. The number of carbonyl (C=O) groups is 1. The molecule has 0 spiro atoms. The van der Waals surface area contributed by atoms with Crippen LogP contribution in [0.25, 0.3) is 0 Å². The minimum atomic E-state index is -3.15. The highest BCUT2D eigenvalue weighted by molar-refractivity contribution is 7.88. The summed E-state index contributed by atoms with van der Waals surface area (Å²) in [6.07, 6.45) is 4.81. The summed E-state index contributed by atoms with van der Waals surface area (Å²) in [6, 6.07) is 0.0208. The Morgan fingerprint density at radius 2 is 1.95 bits per heavy atom. The molecule has 0 radical (unpaired) electrons. The molecule has 2 aliphatic rings. The standard InChI is InChI=1S/C14H27N3O4S/c1-22(19,20)17-7-3-2-4-13(17)5-6-15-14(18)12-16-8-10-21-11-9-16/h13H,2-12H2,1H3,(H,15,18)/t13-/m1/s1. The molecule has 2 aliphatic heterocycles. The lowest BCUT2D eigenvalue weighted by Crippen LogP contribution is -2.46. The molecule has 8 heteroatoms. The van der Waals surface area contributed by atoms with Crippen LogP contribution in [0.2, 0.25) is 0 Å². The van der Waals surface area contributed by atoms with Crippen molar-refractivity contribution in [1.29, 1.82) is 0 Å². The van der Waals surface area contributed by atoms with Gasteiger partial charge in [-0.25, -0.2) is 8.42 Å². The quantitative estimate of drug-likeness (QED) is 0.718. The predicted molar refractivity (Wildman–Crippen MR) is 84.1 cm³/mol. The van der Waals surface area contributed by atoms with Gasteiger partial charge in [0.05, 0.1) is 26.0 Å². The van der Waals surface area contributed by atoms with Crippen molar-refractivity contribution in [2.45, 2.75) is 31.7 Å². The van der Waals surface area contributed by atoms with Crippen molar-refractivity contribution in [1.82, 2.24) is 14.5 Å². The van der Waals surface area contributed by atoms with Crippen molar-refractivity contribution in [3.8, 4) is 0 Å². The normalized spacial score (nSPS) is 25.0. The molecule has 22 heavy (non-hydrogen) atoms. The van der Waals surface area contributed by atoms with E-state index in [-0.39, 0.29) is 11.9 Å². The fourth-order valence-electron chi connectivity index (χ4n) is 3.10. The fraction of sp³-hybridized carbons (Fsp3) is 0.929. The van der Waals surface area contributed by atoms with Gasteiger partial charge in [-0.2, -0.15) is 4.31 Å². The van der Waals surface area contributed by atoms with Gasteiger partial charge in [0.2, 0.25) is 15.9 Å². The Morgan fingerprint density at radius 3 is 2.64 bits per heavy atom. The fourth-order valence-corrected chi connectivity index (χ4v) is 4.31. The maximum Gasteiger partial charge on any atom is 0.234 e. The van der Waals surface area contributed by atoms with Crippen LogP contribution in [0, 0.1) is 0 Å². The van der Waals surface area contributed by atoms with Crippen LogP contribution in [0.3, 0.4) is 0 Å². The Bertz CT molecular complexity index is 463. The highest BCUT2D eigenvalue weighted by Crippen LogP contribution is 2.21. The molecule has 0 unspecified atom stereocenters. The largest absolute Gasteiger partial charge is 0.379 e. The molecule has 7 nitrogen and oxygen atoms in total. The van der Waals surface area contributed by atoms with E-state index < -0.39 is 10.0 Å².